The fourth-order valence-corrected chi connectivity index (χ4v) is 8.60. The van der Waals surface area contributed by atoms with Crippen molar-refractivity contribution in [2.24, 2.45) is 0 Å². The second kappa shape index (κ2) is 26.0. The SMILES string of the molecule is CCC(=O)[NH][In][NH]C(=O)CC.Cc1cc2c(-c3ccccc3)cccc2[cH-]1.Cc1cc2c(-c3ccccc3)cccc2[cH-]1.[C-](=CC=Cc1ccccc1)c1ccccc1.[Zr+3]. The van der Waals surface area contributed by atoms with Crippen LogP contribution in [0.25, 0.3) is 49.9 Å². The Bertz CT molecular complexity index is 2360. The van der Waals surface area contributed by atoms with Gasteiger partial charge >= 0.3 is 104 Å². The topological polar surface area (TPSA) is 58.2 Å². The average molecular weight is 966 g/mol. The summed E-state index contributed by atoms with van der Waals surface area (Å²) in [5.41, 5.74) is 10.2. The molecular formula is C54H51InN2O2Zr. The number of aryl methyl sites for hydroxylation is 2. The number of nitrogens with one attached hydrogen (secondary N) is 2. The summed E-state index contributed by atoms with van der Waals surface area (Å²) in [7, 11) is 0. The maximum Gasteiger partial charge on any atom is 3.00 e. The van der Waals surface area contributed by atoms with Gasteiger partial charge < -0.3 is 0 Å². The molecule has 0 aliphatic heterocycles. The quantitative estimate of drug-likeness (QED) is 0.112. The fourth-order valence-electron chi connectivity index (χ4n) is 6.31. The monoisotopic (exact) mass is 964 g/mol. The summed E-state index contributed by atoms with van der Waals surface area (Å²) in [6.45, 7) is 7.88. The van der Waals surface area contributed by atoms with E-state index in [1.807, 2.05) is 60.7 Å². The van der Waals surface area contributed by atoms with Crippen LogP contribution in [0.2, 0.25) is 0 Å². The van der Waals surface area contributed by atoms with Crippen LogP contribution in [0.3, 0.4) is 0 Å². The molecule has 0 heterocycles. The van der Waals surface area contributed by atoms with Crippen molar-refractivity contribution in [3.63, 3.8) is 0 Å². The molecule has 0 fully saturated rings. The van der Waals surface area contributed by atoms with Gasteiger partial charge in [-0.05, 0) is 16.7 Å². The largest absolute Gasteiger partial charge is 3.00 e. The predicted octanol–water partition coefficient (Wildman–Crippen LogP) is 12.7. The average Bonchev–Trinajstić information content (AvgIpc) is 3.87. The third-order valence-corrected chi connectivity index (χ3v) is 11.9. The number of benzene rings is 6. The van der Waals surface area contributed by atoms with Gasteiger partial charge in [0, 0.05) is 0 Å². The predicted molar refractivity (Wildman–Crippen MR) is 251 cm³/mol. The molecule has 0 saturated heterocycles. The van der Waals surface area contributed by atoms with Crippen molar-refractivity contribution >= 4 is 62.9 Å². The van der Waals surface area contributed by atoms with E-state index in [9.17, 15) is 9.59 Å². The van der Waals surface area contributed by atoms with Gasteiger partial charge in [0.2, 0.25) is 0 Å². The fraction of sp³-hybridized carbons (Fsp3) is 0.111. The number of rotatable bonds is 9. The molecule has 0 atom stereocenters. The van der Waals surface area contributed by atoms with Crippen molar-refractivity contribution < 1.29 is 35.8 Å². The van der Waals surface area contributed by atoms with Crippen LogP contribution in [0.5, 0.6) is 0 Å². The van der Waals surface area contributed by atoms with Crippen LogP contribution in [-0.2, 0) is 35.8 Å². The molecule has 4 nitrogen and oxygen atoms in total. The summed E-state index contributed by atoms with van der Waals surface area (Å²) >= 11 is -1.32. The number of carbonyl (C=O) groups excluding carboxylic acids is 2. The van der Waals surface area contributed by atoms with E-state index in [1.54, 1.807) is 13.8 Å². The van der Waals surface area contributed by atoms with E-state index in [0.717, 1.165) is 5.56 Å². The maximum absolute atomic E-state index is 10.7. The van der Waals surface area contributed by atoms with E-state index in [1.165, 1.54) is 60.5 Å². The minimum Gasteiger partial charge on any atom is -0.165 e. The minimum absolute atomic E-state index is 0. The molecule has 8 rings (SSSR count). The van der Waals surface area contributed by atoms with Crippen LogP contribution in [0.1, 0.15) is 48.9 Å². The number of allylic oxidation sites excluding steroid dienone is 2. The standard InChI is InChI=1S/3C16H13.2C3H7NO.In.Zr/c2*1-12-10-14-8-5-9-15(16(14)11-12)13-6-3-2-4-7-13;1-3-9-15(10-4-1)13-7-8-14-16-11-5-2-6-12-16;2*1-2-3(4)5;;/h2*2-11H,1H3;1-13H;2*2H2,1H3,(H2,4,5);;/q3*-1;;;+2;+3/p-2. The van der Waals surface area contributed by atoms with Gasteiger partial charge in [0.25, 0.3) is 0 Å². The van der Waals surface area contributed by atoms with Crippen molar-refractivity contribution in [1.82, 2.24) is 6.61 Å². The summed E-state index contributed by atoms with van der Waals surface area (Å²) in [4.78, 5) is 21.3. The molecule has 0 spiro atoms. The summed E-state index contributed by atoms with van der Waals surface area (Å²) < 4.78 is 5.43. The Balaban J connectivity index is 0.000000177. The molecule has 60 heavy (non-hydrogen) atoms. The number of fused-ring (bicyclic) bond motifs is 2. The Labute approximate surface area is 387 Å². The molecule has 8 aromatic carbocycles. The Hall–Kier alpha value is -5.29. The molecule has 0 bridgehead atoms. The van der Waals surface area contributed by atoms with Crippen LogP contribution < -0.4 is 6.61 Å². The molecule has 296 valence electrons. The van der Waals surface area contributed by atoms with Crippen LogP contribution >= 0.6 is 0 Å². The number of hydrogen-bond acceptors (Lipinski definition) is 2. The summed E-state index contributed by atoms with van der Waals surface area (Å²) in [6, 6.07) is 63.4. The third-order valence-electron chi connectivity index (χ3n) is 9.28. The minimum atomic E-state index is -1.32. The Morgan fingerprint density at radius 1 is 0.567 bits per heavy atom. The summed E-state index contributed by atoms with van der Waals surface area (Å²) in [5, 5.41) is 5.37. The number of carbonyl (C=O) groups is 2. The van der Waals surface area contributed by atoms with E-state index >= 15 is 0 Å². The molecule has 2 radical (unpaired) electrons. The van der Waals surface area contributed by atoms with E-state index in [0.29, 0.717) is 12.8 Å². The molecule has 2 amide bonds. The Kier molecular flexibility index (Phi) is 20.6. The zero-order valence-electron chi connectivity index (χ0n) is 34.9. The van der Waals surface area contributed by atoms with E-state index in [-0.39, 0.29) is 38.0 Å². The zero-order chi connectivity index (χ0) is 41.7. The molecule has 8 aromatic rings. The van der Waals surface area contributed by atoms with Crippen molar-refractivity contribution in [3.05, 3.63) is 222 Å². The molecule has 0 unspecified atom stereocenters. The molecule has 0 saturated carbocycles. The van der Waals surface area contributed by atoms with Gasteiger partial charge in [-0.1, -0.05) is 140 Å². The first kappa shape index (κ1) is 47.4. The van der Waals surface area contributed by atoms with Crippen molar-refractivity contribution in [2.75, 3.05) is 0 Å². The van der Waals surface area contributed by atoms with Crippen molar-refractivity contribution in [1.29, 1.82) is 0 Å². The first-order chi connectivity index (χ1) is 28.8. The second-order valence-electron chi connectivity index (χ2n) is 13.8. The van der Waals surface area contributed by atoms with Crippen molar-refractivity contribution in [3.8, 4) is 22.3 Å². The van der Waals surface area contributed by atoms with E-state index < -0.39 is 23.5 Å². The second-order valence-corrected chi connectivity index (χ2v) is 16.3. The van der Waals surface area contributed by atoms with Gasteiger partial charge in [-0.25, -0.2) is 0 Å². The zero-order valence-corrected chi connectivity index (χ0v) is 40.6. The van der Waals surface area contributed by atoms with Gasteiger partial charge in [-0.3, -0.25) is 0 Å². The van der Waals surface area contributed by atoms with Crippen LogP contribution in [-0.4, -0.2) is 35.3 Å². The van der Waals surface area contributed by atoms with Gasteiger partial charge in [-0.15, -0.1) is 117 Å². The molecule has 0 aliphatic rings. The third kappa shape index (κ3) is 15.4. The smallest absolute Gasteiger partial charge is 0.165 e. The van der Waals surface area contributed by atoms with Crippen LogP contribution in [0, 0.1) is 19.9 Å². The van der Waals surface area contributed by atoms with Gasteiger partial charge in [0.05, 0.1) is 0 Å². The van der Waals surface area contributed by atoms with Crippen LogP contribution in [0.15, 0.2) is 194 Å². The first-order valence-corrected chi connectivity index (χ1v) is 23.3. The Morgan fingerprint density at radius 2 is 0.983 bits per heavy atom. The molecular weight excluding hydrogens is 915 g/mol. The number of amides is 2. The van der Waals surface area contributed by atoms with E-state index in [4.69, 9.17) is 0 Å². The van der Waals surface area contributed by atoms with Gasteiger partial charge in [0.1, 0.15) is 0 Å². The van der Waals surface area contributed by atoms with Gasteiger partial charge in [0.15, 0.2) is 0 Å². The normalized spacial score (nSPS) is 10.3. The molecule has 6 heteroatoms. The first-order valence-electron chi connectivity index (χ1n) is 20.0. The van der Waals surface area contributed by atoms with E-state index in [2.05, 4.69) is 166 Å². The molecule has 0 aliphatic carbocycles. The number of hydrogen-bond donors (Lipinski definition) is 2. The summed E-state index contributed by atoms with van der Waals surface area (Å²) in [6.07, 6.45) is 10.2. The molecule has 2 N–H and O–H groups in total. The van der Waals surface area contributed by atoms with Crippen molar-refractivity contribution in [2.45, 2.75) is 40.5 Å². The summed E-state index contributed by atoms with van der Waals surface area (Å²) in [5.74, 6) is 0.0604. The van der Waals surface area contributed by atoms with Crippen LogP contribution in [0.4, 0.5) is 0 Å². The molecule has 0 aromatic heterocycles. The Morgan fingerprint density at radius 3 is 1.42 bits per heavy atom. The maximum atomic E-state index is 10.7. The van der Waals surface area contributed by atoms with Gasteiger partial charge in [-0.2, -0.15) is 12.1 Å².